The predicted octanol–water partition coefficient (Wildman–Crippen LogP) is 1.94. The summed E-state index contributed by atoms with van der Waals surface area (Å²) in [7, 11) is 0. The third-order valence-electron chi connectivity index (χ3n) is 3.61. The van der Waals surface area contributed by atoms with Gasteiger partial charge in [0.2, 0.25) is 11.8 Å². The smallest absolute Gasteiger partial charge is 0.225 e. The minimum absolute atomic E-state index is 0.0149. The number of aryl methyl sites for hydroxylation is 2. The Morgan fingerprint density at radius 1 is 1.43 bits per heavy atom. The number of carbonyl (C=O) groups excluding carboxylic acids is 2. The van der Waals surface area contributed by atoms with Crippen LogP contribution in [0.2, 0.25) is 0 Å². The van der Waals surface area contributed by atoms with Gasteiger partial charge in [-0.2, -0.15) is 5.10 Å². The van der Waals surface area contributed by atoms with Crippen LogP contribution < -0.4 is 5.32 Å². The number of nitrogens with one attached hydrogen (secondary N) is 1. The highest BCUT2D eigenvalue weighted by molar-refractivity contribution is 5.89. The van der Waals surface area contributed by atoms with Crippen LogP contribution in [0, 0.1) is 6.92 Å². The number of likely N-dealkylation sites (tertiary alicyclic amines) is 1. The maximum atomic E-state index is 12.0. The lowest BCUT2D eigenvalue weighted by atomic mass is 10.3. The number of hydrogen-bond donors (Lipinski definition) is 1. The van der Waals surface area contributed by atoms with Crippen LogP contribution in [0.15, 0.2) is 6.07 Å². The second-order valence-electron chi connectivity index (χ2n) is 5.53. The summed E-state index contributed by atoms with van der Waals surface area (Å²) in [5, 5.41) is 7.27. The number of nitrogens with zero attached hydrogens (tertiary/aromatic N) is 3. The first-order valence-electron chi connectivity index (χ1n) is 7.72. The zero-order chi connectivity index (χ0) is 15.2. The van der Waals surface area contributed by atoms with E-state index in [2.05, 4.69) is 17.3 Å². The van der Waals surface area contributed by atoms with Gasteiger partial charge in [0.05, 0.1) is 5.69 Å². The number of anilines is 1. The summed E-state index contributed by atoms with van der Waals surface area (Å²) in [5.74, 6) is 0.961. The molecule has 2 amide bonds. The van der Waals surface area contributed by atoms with E-state index >= 15 is 0 Å². The van der Waals surface area contributed by atoms with Gasteiger partial charge in [0.1, 0.15) is 5.82 Å². The molecule has 1 fully saturated rings. The van der Waals surface area contributed by atoms with Crippen molar-refractivity contribution in [3.05, 3.63) is 11.8 Å². The van der Waals surface area contributed by atoms with Crippen molar-refractivity contribution in [1.82, 2.24) is 14.7 Å². The standard InChI is InChI=1S/C15H24N4O2/c1-3-8-19-13(11-12(2)17-19)16-14(20)6-4-9-18-10-5-7-15(18)21/h11H,3-10H2,1-2H3,(H,16,20). The van der Waals surface area contributed by atoms with Crippen molar-refractivity contribution in [2.75, 3.05) is 18.4 Å². The van der Waals surface area contributed by atoms with Gasteiger partial charge in [-0.05, 0) is 26.2 Å². The van der Waals surface area contributed by atoms with Crippen LogP contribution in [-0.2, 0) is 16.1 Å². The molecule has 2 heterocycles. The Hall–Kier alpha value is -1.85. The summed E-state index contributed by atoms with van der Waals surface area (Å²) in [4.78, 5) is 25.3. The highest BCUT2D eigenvalue weighted by Gasteiger charge is 2.19. The Morgan fingerprint density at radius 2 is 2.24 bits per heavy atom. The maximum Gasteiger partial charge on any atom is 0.225 e. The lowest BCUT2D eigenvalue weighted by Crippen LogP contribution is -2.26. The number of rotatable bonds is 7. The number of aromatic nitrogens is 2. The van der Waals surface area contributed by atoms with E-state index in [1.165, 1.54) is 0 Å². The van der Waals surface area contributed by atoms with Crippen molar-refractivity contribution in [1.29, 1.82) is 0 Å². The first kappa shape index (κ1) is 15.5. The van der Waals surface area contributed by atoms with E-state index in [1.807, 2.05) is 22.6 Å². The van der Waals surface area contributed by atoms with E-state index < -0.39 is 0 Å². The largest absolute Gasteiger partial charge is 0.343 e. The summed E-state index contributed by atoms with van der Waals surface area (Å²) in [6.45, 7) is 6.31. The molecule has 1 N–H and O–H groups in total. The summed E-state index contributed by atoms with van der Waals surface area (Å²) in [6.07, 6.45) is 3.71. The zero-order valence-corrected chi connectivity index (χ0v) is 12.9. The maximum absolute atomic E-state index is 12.0. The third kappa shape index (κ3) is 4.31. The summed E-state index contributed by atoms with van der Waals surface area (Å²) in [5.41, 5.74) is 0.904. The molecule has 0 bridgehead atoms. The van der Waals surface area contributed by atoms with E-state index in [0.29, 0.717) is 25.8 Å². The highest BCUT2D eigenvalue weighted by atomic mass is 16.2. The van der Waals surface area contributed by atoms with Crippen molar-refractivity contribution < 1.29 is 9.59 Å². The molecule has 1 aromatic rings. The van der Waals surface area contributed by atoms with Crippen molar-refractivity contribution >= 4 is 17.6 Å². The molecule has 1 saturated heterocycles. The average molecular weight is 292 g/mol. The van der Waals surface area contributed by atoms with E-state index in [1.54, 1.807) is 0 Å². The summed E-state index contributed by atoms with van der Waals surface area (Å²) in [6, 6.07) is 1.89. The van der Waals surface area contributed by atoms with E-state index in [4.69, 9.17) is 0 Å². The molecular formula is C15H24N4O2. The molecule has 6 heteroatoms. The van der Waals surface area contributed by atoms with Crippen molar-refractivity contribution in [3.63, 3.8) is 0 Å². The Morgan fingerprint density at radius 3 is 2.90 bits per heavy atom. The SMILES string of the molecule is CCCn1nc(C)cc1NC(=O)CCCN1CCCC1=O. The van der Waals surface area contributed by atoms with Gasteiger partial charge < -0.3 is 10.2 Å². The monoisotopic (exact) mass is 292 g/mol. The Balaban J connectivity index is 1.77. The zero-order valence-electron chi connectivity index (χ0n) is 12.9. The molecule has 6 nitrogen and oxygen atoms in total. The quantitative estimate of drug-likeness (QED) is 0.835. The molecule has 0 aliphatic carbocycles. The molecule has 21 heavy (non-hydrogen) atoms. The molecule has 0 saturated carbocycles. The van der Waals surface area contributed by atoms with Gasteiger partial charge in [0.25, 0.3) is 0 Å². The lowest BCUT2D eigenvalue weighted by Gasteiger charge is -2.15. The molecule has 0 unspecified atom stereocenters. The van der Waals surface area contributed by atoms with Gasteiger partial charge in [-0.25, -0.2) is 4.68 Å². The van der Waals surface area contributed by atoms with E-state index in [0.717, 1.165) is 37.4 Å². The summed E-state index contributed by atoms with van der Waals surface area (Å²) >= 11 is 0. The fourth-order valence-electron chi connectivity index (χ4n) is 2.60. The second kappa shape index (κ2) is 7.24. The van der Waals surface area contributed by atoms with Crippen LogP contribution in [0.3, 0.4) is 0 Å². The molecule has 1 aromatic heterocycles. The van der Waals surface area contributed by atoms with Gasteiger partial charge >= 0.3 is 0 Å². The van der Waals surface area contributed by atoms with E-state index in [9.17, 15) is 9.59 Å². The van der Waals surface area contributed by atoms with Crippen molar-refractivity contribution in [2.24, 2.45) is 0 Å². The number of hydrogen-bond acceptors (Lipinski definition) is 3. The van der Waals surface area contributed by atoms with Gasteiger partial charge in [-0.15, -0.1) is 0 Å². The molecule has 0 atom stereocenters. The van der Waals surface area contributed by atoms with Crippen LogP contribution in [-0.4, -0.2) is 39.6 Å². The predicted molar refractivity (Wildman–Crippen MR) is 80.9 cm³/mol. The minimum Gasteiger partial charge on any atom is -0.343 e. The molecule has 0 aromatic carbocycles. The fraction of sp³-hybridized carbons (Fsp3) is 0.667. The van der Waals surface area contributed by atoms with Crippen LogP contribution in [0.4, 0.5) is 5.82 Å². The minimum atomic E-state index is -0.0149. The molecule has 0 spiro atoms. The molecule has 116 valence electrons. The number of carbonyl (C=O) groups is 2. The highest BCUT2D eigenvalue weighted by Crippen LogP contribution is 2.13. The normalized spacial score (nSPS) is 14.8. The Labute approximate surface area is 125 Å². The molecular weight excluding hydrogens is 268 g/mol. The second-order valence-corrected chi connectivity index (χ2v) is 5.53. The molecule has 1 aliphatic heterocycles. The van der Waals surface area contributed by atoms with Gasteiger partial charge in [0, 0.05) is 38.5 Å². The lowest BCUT2D eigenvalue weighted by molar-refractivity contribution is -0.128. The Kier molecular flexibility index (Phi) is 5.36. The van der Waals surface area contributed by atoms with E-state index in [-0.39, 0.29) is 11.8 Å². The molecule has 0 radical (unpaired) electrons. The first-order valence-corrected chi connectivity index (χ1v) is 7.72. The van der Waals surface area contributed by atoms with Crippen LogP contribution in [0.25, 0.3) is 0 Å². The van der Waals surface area contributed by atoms with Gasteiger partial charge in [-0.3, -0.25) is 9.59 Å². The molecule has 2 rings (SSSR count). The van der Waals surface area contributed by atoms with Crippen molar-refractivity contribution in [2.45, 2.75) is 52.5 Å². The van der Waals surface area contributed by atoms with Crippen LogP contribution in [0.5, 0.6) is 0 Å². The fourth-order valence-corrected chi connectivity index (χ4v) is 2.60. The topological polar surface area (TPSA) is 67.2 Å². The van der Waals surface area contributed by atoms with Gasteiger partial charge in [-0.1, -0.05) is 6.92 Å². The molecule has 1 aliphatic rings. The van der Waals surface area contributed by atoms with Crippen LogP contribution in [0.1, 0.15) is 44.7 Å². The van der Waals surface area contributed by atoms with Gasteiger partial charge in [0.15, 0.2) is 0 Å². The average Bonchev–Trinajstić information content (AvgIpc) is 2.97. The van der Waals surface area contributed by atoms with Crippen molar-refractivity contribution in [3.8, 4) is 0 Å². The third-order valence-corrected chi connectivity index (χ3v) is 3.61. The first-order chi connectivity index (χ1) is 10.1. The summed E-state index contributed by atoms with van der Waals surface area (Å²) < 4.78 is 1.83. The van der Waals surface area contributed by atoms with Crippen LogP contribution >= 0.6 is 0 Å². The number of amides is 2. The Bertz CT molecular complexity index is 510.